The van der Waals surface area contributed by atoms with E-state index in [2.05, 4.69) is 29.7 Å². The van der Waals surface area contributed by atoms with Gasteiger partial charge in [-0.05, 0) is 43.7 Å². The summed E-state index contributed by atoms with van der Waals surface area (Å²) in [6, 6.07) is 10.3. The first-order chi connectivity index (χ1) is 11.9. The summed E-state index contributed by atoms with van der Waals surface area (Å²) >= 11 is 0. The van der Waals surface area contributed by atoms with E-state index in [0.29, 0.717) is 0 Å². The molecule has 1 aromatic carbocycles. The van der Waals surface area contributed by atoms with Crippen molar-refractivity contribution in [1.29, 1.82) is 0 Å². The van der Waals surface area contributed by atoms with Crippen molar-refractivity contribution < 1.29 is 0 Å². The van der Waals surface area contributed by atoms with Crippen molar-refractivity contribution in [2.45, 2.75) is 41.5 Å². The Morgan fingerprint density at radius 1 is 0.750 bits per heavy atom. The average molecular weight is 321 g/mol. The summed E-state index contributed by atoms with van der Waals surface area (Å²) in [5, 5.41) is 0. The maximum Gasteiger partial charge on any atom is 0.0233 e. The van der Waals surface area contributed by atoms with E-state index in [-0.39, 0.29) is 0 Å². The molecular weight excluding hydrogens is 288 g/mol. The van der Waals surface area contributed by atoms with E-state index in [9.17, 15) is 0 Å². The molecule has 0 nitrogen and oxygen atoms in total. The van der Waals surface area contributed by atoms with Gasteiger partial charge in [-0.2, -0.15) is 0 Å². The van der Waals surface area contributed by atoms with Crippen LogP contribution in [0.25, 0.3) is 5.57 Å². The minimum atomic E-state index is 1.08. The van der Waals surface area contributed by atoms with Crippen LogP contribution in [0.3, 0.4) is 0 Å². The van der Waals surface area contributed by atoms with Gasteiger partial charge in [-0.15, -0.1) is 11.5 Å². The van der Waals surface area contributed by atoms with Gasteiger partial charge in [0.2, 0.25) is 0 Å². The number of hydrogen-bond donors (Lipinski definition) is 0. The molecule has 24 heavy (non-hydrogen) atoms. The fourth-order valence-electron chi connectivity index (χ4n) is 1.55. The molecule has 0 atom stereocenters. The Balaban J connectivity index is 0. The van der Waals surface area contributed by atoms with Crippen molar-refractivity contribution in [2.75, 3.05) is 0 Å². The highest BCUT2D eigenvalue weighted by molar-refractivity contribution is 5.73. The fraction of sp³-hybridized carbons (Fsp3) is 0.250. The second-order valence-corrected chi connectivity index (χ2v) is 3.96. The predicted molar refractivity (Wildman–Crippen MR) is 112 cm³/mol. The van der Waals surface area contributed by atoms with Crippen molar-refractivity contribution in [3.05, 3.63) is 102 Å². The average Bonchev–Trinajstić information content (AvgIpc) is 2.67. The van der Waals surface area contributed by atoms with Crippen LogP contribution in [0, 0.1) is 0 Å². The summed E-state index contributed by atoms with van der Waals surface area (Å²) in [5.41, 5.74) is 8.49. The molecule has 128 valence electrons. The Bertz CT molecular complexity index is 595. The predicted octanol–water partition coefficient (Wildman–Crippen LogP) is 7.70. The molecule has 0 saturated carbocycles. The number of allylic oxidation sites excluding steroid dienone is 8. The molecule has 0 aromatic heterocycles. The highest BCUT2D eigenvalue weighted by Crippen LogP contribution is 2.13. The summed E-state index contributed by atoms with van der Waals surface area (Å²) in [6.07, 6.45) is 17.7. The van der Waals surface area contributed by atoms with Gasteiger partial charge >= 0.3 is 0 Å². The van der Waals surface area contributed by atoms with Gasteiger partial charge in [0.15, 0.2) is 0 Å². The Kier molecular flexibility index (Phi) is 20.3. The largest absolute Gasteiger partial charge is 0.125 e. The van der Waals surface area contributed by atoms with Gasteiger partial charge in [0, 0.05) is 5.57 Å². The molecule has 0 saturated heterocycles. The van der Waals surface area contributed by atoms with Crippen molar-refractivity contribution in [2.24, 2.45) is 0 Å². The molecule has 0 amide bonds. The van der Waals surface area contributed by atoms with E-state index >= 15 is 0 Å². The van der Waals surface area contributed by atoms with Crippen LogP contribution in [0.4, 0.5) is 0 Å². The molecule has 0 aliphatic rings. The van der Waals surface area contributed by atoms with Crippen molar-refractivity contribution in [3.63, 3.8) is 0 Å². The van der Waals surface area contributed by atoms with Crippen LogP contribution in [0.2, 0.25) is 0 Å². The third kappa shape index (κ3) is 13.2. The zero-order valence-electron chi connectivity index (χ0n) is 16.1. The molecule has 0 bridgehead atoms. The van der Waals surface area contributed by atoms with Crippen LogP contribution in [-0.4, -0.2) is 0 Å². The Hall–Kier alpha value is -2.52. The first-order valence-corrected chi connectivity index (χ1v) is 8.72. The lowest BCUT2D eigenvalue weighted by Crippen LogP contribution is -1.77. The zero-order valence-corrected chi connectivity index (χ0v) is 16.1. The zero-order chi connectivity index (χ0) is 18.5. The highest BCUT2D eigenvalue weighted by Gasteiger charge is 1.93. The van der Waals surface area contributed by atoms with E-state index in [4.69, 9.17) is 0 Å². The van der Waals surface area contributed by atoms with Gasteiger partial charge < -0.3 is 0 Å². The lowest BCUT2D eigenvalue weighted by molar-refractivity contribution is 1.50. The van der Waals surface area contributed by atoms with Crippen LogP contribution in [0.1, 0.15) is 47.1 Å². The summed E-state index contributed by atoms with van der Waals surface area (Å²) in [4.78, 5) is 0. The van der Waals surface area contributed by atoms with Gasteiger partial charge in [-0.25, -0.2) is 0 Å². The van der Waals surface area contributed by atoms with Crippen LogP contribution in [0.5, 0.6) is 0 Å². The molecule has 0 spiro atoms. The maximum absolute atomic E-state index is 3.25. The van der Waals surface area contributed by atoms with Crippen molar-refractivity contribution in [3.8, 4) is 0 Å². The Morgan fingerprint density at radius 2 is 1.33 bits per heavy atom. The quantitative estimate of drug-likeness (QED) is 0.385. The smallest absolute Gasteiger partial charge is 0.0233 e. The monoisotopic (exact) mass is 320 g/mol. The molecule has 0 N–H and O–H groups in total. The maximum atomic E-state index is 3.25. The molecule has 0 heterocycles. The standard InChI is InChI=1S/C20H20.2C2H6/c1-3-5-6-7-8-9-10-12-16-19(15-4-2)20-17-13-11-14-18-20;2*1-2/h3-4,6-14,16-18H,1-2H3;2*1-2H3/b8-7-,10-9-,16-12-;;. The third-order valence-corrected chi connectivity index (χ3v) is 2.45. The Labute approximate surface area is 149 Å². The van der Waals surface area contributed by atoms with Gasteiger partial charge in [-0.1, -0.05) is 88.4 Å². The molecule has 0 radical (unpaired) electrons. The van der Waals surface area contributed by atoms with Gasteiger partial charge in [0.05, 0.1) is 0 Å². The van der Waals surface area contributed by atoms with Crippen molar-refractivity contribution >= 4 is 5.57 Å². The second-order valence-electron chi connectivity index (χ2n) is 3.96. The third-order valence-electron chi connectivity index (χ3n) is 2.45. The summed E-state index contributed by atoms with van der Waals surface area (Å²) in [5.74, 6) is 0. The number of hydrogen-bond acceptors (Lipinski definition) is 0. The number of rotatable bonds is 5. The molecule has 0 aliphatic carbocycles. The highest BCUT2D eigenvalue weighted by atomic mass is 14.0. The van der Waals surface area contributed by atoms with Crippen LogP contribution >= 0.6 is 0 Å². The summed E-state index contributed by atoms with van der Waals surface area (Å²) < 4.78 is 0. The molecule has 1 rings (SSSR count). The summed E-state index contributed by atoms with van der Waals surface area (Å²) in [7, 11) is 0. The molecule has 0 heteroatoms. The number of benzene rings is 1. The fourth-order valence-corrected chi connectivity index (χ4v) is 1.55. The topological polar surface area (TPSA) is 0 Å². The SMILES string of the molecule is CC.CC.CC=C=C\C=C/C=C\C=C/C(=C=CC)c1ccccc1. The minimum absolute atomic E-state index is 1.08. The van der Waals surface area contributed by atoms with Crippen LogP contribution < -0.4 is 0 Å². The first-order valence-electron chi connectivity index (χ1n) is 8.72. The lowest BCUT2D eigenvalue weighted by Gasteiger charge is -1.97. The van der Waals surface area contributed by atoms with E-state index in [1.165, 1.54) is 5.56 Å². The first kappa shape index (κ1) is 23.7. The molecular formula is C24H32. The Morgan fingerprint density at radius 3 is 1.92 bits per heavy atom. The molecule has 0 unspecified atom stereocenters. The van der Waals surface area contributed by atoms with Crippen LogP contribution in [0.15, 0.2) is 96.5 Å². The molecule has 0 fully saturated rings. The van der Waals surface area contributed by atoms with Gasteiger partial charge in [0.25, 0.3) is 0 Å². The summed E-state index contributed by atoms with van der Waals surface area (Å²) in [6.45, 7) is 11.9. The minimum Gasteiger partial charge on any atom is -0.125 e. The van der Waals surface area contributed by atoms with E-state index in [0.717, 1.165) is 5.57 Å². The molecule has 0 aliphatic heterocycles. The second kappa shape index (κ2) is 20.5. The van der Waals surface area contributed by atoms with Gasteiger partial charge in [-0.3, -0.25) is 0 Å². The van der Waals surface area contributed by atoms with E-state index < -0.39 is 0 Å². The van der Waals surface area contributed by atoms with E-state index in [1.54, 1.807) is 0 Å². The normalized spacial score (nSPS) is 9.25. The van der Waals surface area contributed by atoms with Gasteiger partial charge in [0.1, 0.15) is 0 Å². The van der Waals surface area contributed by atoms with Crippen molar-refractivity contribution in [1.82, 2.24) is 0 Å². The lowest BCUT2D eigenvalue weighted by atomic mass is 10.1. The van der Waals surface area contributed by atoms with Crippen LogP contribution in [-0.2, 0) is 0 Å². The van der Waals surface area contributed by atoms with E-state index in [1.807, 2.05) is 108 Å². The molecule has 1 aromatic rings.